The van der Waals surface area contributed by atoms with Crippen LogP contribution >= 0.6 is 0 Å². The maximum Gasteiger partial charge on any atom is 0.303 e. The number of hydrogen-bond donors (Lipinski definition) is 1. The number of benzene rings is 4. The summed E-state index contributed by atoms with van der Waals surface area (Å²) in [5, 5.41) is 12.3. The highest BCUT2D eigenvalue weighted by molar-refractivity contribution is 6.17. The molecule has 2 heterocycles. The number of para-hydroxylation sites is 1. The van der Waals surface area contributed by atoms with Crippen LogP contribution in [0.5, 0.6) is 0 Å². The lowest BCUT2D eigenvalue weighted by Gasteiger charge is -2.16. The molecule has 0 fully saturated rings. The van der Waals surface area contributed by atoms with Gasteiger partial charge in [0.25, 0.3) is 0 Å². The molecule has 0 atom stereocenters. The van der Waals surface area contributed by atoms with E-state index in [1.807, 2.05) is 18.3 Å². The molecule has 4 heteroatoms. The average molecular weight is 483 g/mol. The first-order valence-electron chi connectivity index (χ1n) is 12.7. The Morgan fingerprint density at radius 3 is 2.30 bits per heavy atom. The van der Waals surface area contributed by atoms with Gasteiger partial charge in [-0.25, -0.2) is 4.98 Å². The molecule has 1 N–H and O–H groups in total. The smallest absolute Gasteiger partial charge is 0.303 e. The summed E-state index contributed by atoms with van der Waals surface area (Å²) in [6, 6.07) is 33.5. The van der Waals surface area contributed by atoms with Crippen molar-refractivity contribution in [1.29, 1.82) is 0 Å². The summed E-state index contributed by atoms with van der Waals surface area (Å²) in [5.74, 6) is -0.742. The number of rotatable bonds is 7. The quantitative estimate of drug-likeness (QED) is 0.142. The van der Waals surface area contributed by atoms with Crippen LogP contribution in [0.2, 0.25) is 0 Å². The Balaban J connectivity index is 1.59. The van der Waals surface area contributed by atoms with Gasteiger partial charge in [-0.15, -0.1) is 0 Å². The highest BCUT2D eigenvalue weighted by atomic mass is 16.4. The average Bonchev–Trinajstić information content (AvgIpc) is 2.94. The molecule has 0 aliphatic heterocycles. The SMILES string of the molecule is O=C(O)CCCCc1ccccc1-c1c2ccccc2nc2c1ccc1c(-c3ccccc3)ccnc12. The number of carbonyl (C=O) groups is 1. The highest BCUT2D eigenvalue weighted by Crippen LogP contribution is 2.40. The summed E-state index contributed by atoms with van der Waals surface area (Å²) in [7, 11) is 0. The van der Waals surface area contributed by atoms with Gasteiger partial charge in [0.2, 0.25) is 0 Å². The van der Waals surface area contributed by atoms with E-state index in [4.69, 9.17) is 15.1 Å². The van der Waals surface area contributed by atoms with Crippen LogP contribution in [0.15, 0.2) is 103 Å². The van der Waals surface area contributed by atoms with Crippen LogP contribution in [0.25, 0.3) is 55.0 Å². The van der Waals surface area contributed by atoms with E-state index in [0.29, 0.717) is 6.42 Å². The van der Waals surface area contributed by atoms with Gasteiger partial charge in [-0.05, 0) is 53.6 Å². The van der Waals surface area contributed by atoms with Gasteiger partial charge in [0.1, 0.15) is 0 Å². The van der Waals surface area contributed by atoms with Crippen molar-refractivity contribution < 1.29 is 9.90 Å². The van der Waals surface area contributed by atoms with Crippen LogP contribution in [0.4, 0.5) is 0 Å². The van der Waals surface area contributed by atoms with Crippen LogP contribution in [0, 0.1) is 0 Å². The number of fused-ring (bicyclic) bond motifs is 4. The Kier molecular flexibility index (Phi) is 6.07. The summed E-state index contributed by atoms with van der Waals surface area (Å²) in [5.41, 5.74) is 8.56. The van der Waals surface area contributed by atoms with Gasteiger partial charge in [-0.2, -0.15) is 0 Å². The molecule has 0 saturated carbocycles. The molecule has 6 aromatic rings. The van der Waals surface area contributed by atoms with Crippen molar-refractivity contribution in [3.63, 3.8) is 0 Å². The summed E-state index contributed by atoms with van der Waals surface area (Å²) >= 11 is 0. The zero-order chi connectivity index (χ0) is 25.2. The number of carboxylic acid groups (broad SMARTS) is 1. The number of aromatic nitrogens is 2. The van der Waals surface area contributed by atoms with Crippen molar-refractivity contribution in [2.75, 3.05) is 0 Å². The second-order valence-corrected chi connectivity index (χ2v) is 9.34. The third-order valence-corrected chi connectivity index (χ3v) is 7.02. The number of nitrogens with zero attached hydrogens (tertiary/aromatic N) is 2. The van der Waals surface area contributed by atoms with Gasteiger partial charge in [0, 0.05) is 34.3 Å². The number of carboxylic acids is 1. The molecule has 0 saturated heterocycles. The van der Waals surface area contributed by atoms with Crippen molar-refractivity contribution in [2.24, 2.45) is 0 Å². The Bertz CT molecular complexity index is 1760. The van der Waals surface area contributed by atoms with Crippen LogP contribution in [-0.2, 0) is 11.2 Å². The Morgan fingerprint density at radius 2 is 1.43 bits per heavy atom. The van der Waals surface area contributed by atoms with Crippen LogP contribution in [-0.4, -0.2) is 21.0 Å². The minimum atomic E-state index is -0.742. The van der Waals surface area contributed by atoms with Crippen molar-refractivity contribution in [3.8, 4) is 22.3 Å². The molecule has 0 radical (unpaired) electrons. The lowest BCUT2D eigenvalue weighted by atomic mass is 9.90. The van der Waals surface area contributed by atoms with E-state index in [-0.39, 0.29) is 6.42 Å². The molecular weight excluding hydrogens is 456 g/mol. The first kappa shape index (κ1) is 22.9. The largest absolute Gasteiger partial charge is 0.481 e. The predicted octanol–water partition coefficient (Wildman–Crippen LogP) is 8.07. The lowest BCUT2D eigenvalue weighted by molar-refractivity contribution is -0.137. The topological polar surface area (TPSA) is 63.1 Å². The minimum absolute atomic E-state index is 0.199. The standard InChI is InChI=1S/C33H26N2O2/c36-30(37)17-9-5-13-23-12-4-6-14-25(23)31-27-15-7-8-16-29(27)35-33-28(31)19-18-26-24(20-21-34-32(26)33)22-10-2-1-3-11-22/h1-4,6-8,10-12,14-16,18-21H,5,9,13,17H2,(H,36,37). The van der Waals surface area contributed by atoms with Crippen LogP contribution < -0.4 is 0 Å². The van der Waals surface area contributed by atoms with Gasteiger partial charge in [-0.3, -0.25) is 9.78 Å². The highest BCUT2D eigenvalue weighted by Gasteiger charge is 2.17. The van der Waals surface area contributed by atoms with Gasteiger partial charge in [-0.1, -0.05) is 84.9 Å². The van der Waals surface area contributed by atoms with Gasteiger partial charge < -0.3 is 5.11 Å². The normalized spacial score (nSPS) is 11.4. The first-order valence-corrected chi connectivity index (χ1v) is 12.7. The number of unbranched alkanes of at least 4 members (excludes halogenated alkanes) is 1. The monoisotopic (exact) mass is 482 g/mol. The lowest BCUT2D eigenvalue weighted by Crippen LogP contribution is -1.97. The molecule has 37 heavy (non-hydrogen) atoms. The van der Waals surface area contributed by atoms with Crippen molar-refractivity contribution in [1.82, 2.24) is 9.97 Å². The molecule has 0 amide bonds. The second-order valence-electron chi connectivity index (χ2n) is 9.34. The van der Waals surface area contributed by atoms with Crippen LogP contribution in [0.1, 0.15) is 24.8 Å². The van der Waals surface area contributed by atoms with E-state index in [1.165, 1.54) is 11.1 Å². The molecule has 180 valence electrons. The zero-order valence-electron chi connectivity index (χ0n) is 20.4. The van der Waals surface area contributed by atoms with E-state index in [1.54, 1.807) is 0 Å². The number of aryl methyl sites for hydroxylation is 1. The van der Waals surface area contributed by atoms with E-state index in [0.717, 1.165) is 62.2 Å². The molecule has 6 rings (SSSR count). The first-order chi connectivity index (χ1) is 18.2. The summed E-state index contributed by atoms with van der Waals surface area (Å²) in [4.78, 5) is 20.9. The Morgan fingerprint density at radius 1 is 0.676 bits per heavy atom. The molecule has 0 aliphatic carbocycles. The molecule has 0 spiro atoms. The predicted molar refractivity (Wildman–Crippen MR) is 151 cm³/mol. The molecule has 0 aliphatic rings. The number of hydrogen-bond acceptors (Lipinski definition) is 3. The van der Waals surface area contributed by atoms with Crippen molar-refractivity contribution in [3.05, 3.63) is 109 Å². The molecule has 0 bridgehead atoms. The van der Waals surface area contributed by atoms with E-state index in [9.17, 15) is 4.79 Å². The van der Waals surface area contributed by atoms with Gasteiger partial charge in [0.15, 0.2) is 0 Å². The van der Waals surface area contributed by atoms with Crippen LogP contribution in [0.3, 0.4) is 0 Å². The minimum Gasteiger partial charge on any atom is -0.481 e. The maximum absolute atomic E-state index is 11.0. The van der Waals surface area contributed by atoms with Gasteiger partial charge >= 0.3 is 5.97 Å². The summed E-state index contributed by atoms with van der Waals surface area (Å²) < 4.78 is 0. The van der Waals surface area contributed by atoms with E-state index >= 15 is 0 Å². The molecule has 0 unspecified atom stereocenters. The Hall–Kier alpha value is -4.57. The number of aliphatic carboxylic acids is 1. The molecule has 4 aromatic carbocycles. The van der Waals surface area contributed by atoms with E-state index in [2.05, 4.69) is 84.9 Å². The third-order valence-electron chi connectivity index (χ3n) is 7.02. The fourth-order valence-electron chi connectivity index (χ4n) is 5.30. The fourth-order valence-corrected chi connectivity index (χ4v) is 5.30. The van der Waals surface area contributed by atoms with Crippen molar-refractivity contribution >= 4 is 38.7 Å². The summed E-state index contributed by atoms with van der Waals surface area (Å²) in [6.45, 7) is 0. The second kappa shape index (κ2) is 9.82. The maximum atomic E-state index is 11.0. The molecule has 4 nitrogen and oxygen atoms in total. The van der Waals surface area contributed by atoms with Gasteiger partial charge in [0.05, 0.1) is 16.6 Å². The molecular formula is C33H26N2O2. The Labute approximate surface area is 215 Å². The molecule has 2 aromatic heterocycles. The van der Waals surface area contributed by atoms with Crippen molar-refractivity contribution in [2.45, 2.75) is 25.7 Å². The zero-order valence-corrected chi connectivity index (χ0v) is 20.4. The third kappa shape index (κ3) is 4.31. The fraction of sp³-hybridized carbons (Fsp3) is 0.121. The number of pyridine rings is 2. The summed E-state index contributed by atoms with van der Waals surface area (Å²) in [6.07, 6.45) is 4.39. The van der Waals surface area contributed by atoms with E-state index < -0.39 is 5.97 Å².